The molecule has 0 aliphatic carbocycles. The fraction of sp³-hybridized carbons (Fsp3) is 0.429. The van der Waals surface area contributed by atoms with Crippen molar-refractivity contribution in [2.24, 2.45) is 4.99 Å². The van der Waals surface area contributed by atoms with Crippen molar-refractivity contribution in [2.75, 3.05) is 20.6 Å². The summed E-state index contributed by atoms with van der Waals surface area (Å²) in [6, 6.07) is 2.98. The Balaban J connectivity index is 2.49. The van der Waals surface area contributed by atoms with Gasteiger partial charge in [-0.2, -0.15) is 0 Å². The van der Waals surface area contributed by atoms with Crippen LogP contribution in [0, 0.1) is 5.82 Å². The number of nitrogens with zero attached hydrogens (tertiary/aromatic N) is 3. The molecule has 0 radical (unpaired) electrons. The molecule has 5 heteroatoms. The molecule has 1 N–H and O–H groups in total. The minimum atomic E-state index is -0.306. The third kappa shape index (κ3) is 5.07. The van der Waals surface area contributed by atoms with E-state index in [0.29, 0.717) is 12.2 Å². The Bertz CT molecular complexity index is 431. The molecule has 0 aliphatic rings. The number of pyridine rings is 1. The highest BCUT2D eigenvalue weighted by Crippen LogP contribution is 2.02. The van der Waals surface area contributed by atoms with Gasteiger partial charge in [-0.25, -0.2) is 4.39 Å². The van der Waals surface area contributed by atoms with Gasteiger partial charge in [-0.1, -0.05) is 6.08 Å². The molecule has 1 rings (SSSR count). The molecule has 0 unspecified atom stereocenters. The molecule has 0 spiro atoms. The van der Waals surface area contributed by atoms with Crippen molar-refractivity contribution < 1.29 is 4.39 Å². The average Bonchev–Trinajstić information content (AvgIpc) is 2.41. The lowest BCUT2D eigenvalue weighted by Gasteiger charge is -2.21. The number of guanidine groups is 1. The summed E-state index contributed by atoms with van der Waals surface area (Å²) in [6.45, 7) is 4.89. The average molecular weight is 264 g/mol. The SMILES string of the molecule is C=CCCCN(C)C(=NC)NCc1ncccc1F. The fourth-order valence-corrected chi connectivity index (χ4v) is 1.67. The van der Waals surface area contributed by atoms with Gasteiger partial charge in [0.15, 0.2) is 5.96 Å². The number of hydrogen-bond acceptors (Lipinski definition) is 2. The summed E-state index contributed by atoms with van der Waals surface area (Å²) in [5, 5.41) is 3.10. The van der Waals surface area contributed by atoms with Crippen LogP contribution in [0.2, 0.25) is 0 Å². The van der Waals surface area contributed by atoms with Crippen LogP contribution in [0.4, 0.5) is 4.39 Å². The molecule has 0 saturated heterocycles. The summed E-state index contributed by atoms with van der Waals surface area (Å²) in [4.78, 5) is 10.2. The topological polar surface area (TPSA) is 40.5 Å². The highest BCUT2D eigenvalue weighted by Gasteiger charge is 2.07. The molecule has 0 atom stereocenters. The van der Waals surface area contributed by atoms with Gasteiger partial charge in [0.25, 0.3) is 0 Å². The fourth-order valence-electron chi connectivity index (χ4n) is 1.67. The summed E-state index contributed by atoms with van der Waals surface area (Å²) in [5.41, 5.74) is 0.392. The highest BCUT2D eigenvalue weighted by molar-refractivity contribution is 5.79. The van der Waals surface area contributed by atoms with Crippen LogP contribution in [0.5, 0.6) is 0 Å². The van der Waals surface area contributed by atoms with Gasteiger partial charge in [-0.3, -0.25) is 9.98 Å². The van der Waals surface area contributed by atoms with E-state index in [1.54, 1.807) is 19.3 Å². The zero-order chi connectivity index (χ0) is 14.1. The van der Waals surface area contributed by atoms with E-state index in [2.05, 4.69) is 21.9 Å². The Morgan fingerprint density at radius 1 is 1.63 bits per heavy atom. The highest BCUT2D eigenvalue weighted by atomic mass is 19.1. The van der Waals surface area contributed by atoms with Gasteiger partial charge < -0.3 is 10.2 Å². The molecule has 104 valence electrons. The molecule has 0 saturated carbocycles. The van der Waals surface area contributed by atoms with Crippen LogP contribution in [0.1, 0.15) is 18.5 Å². The number of rotatable bonds is 6. The minimum Gasteiger partial charge on any atom is -0.350 e. The first kappa shape index (κ1) is 15.1. The largest absolute Gasteiger partial charge is 0.350 e. The van der Waals surface area contributed by atoms with Crippen molar-refractivity contribution in [1.82, 2.24) is 15.2 Å². The number of allylic oxidation sites excluding steroid dienone is 1. The smallest absolute Gasteiger partial charge is 0.193 e. The van der Waals surface area contributed by atoms with Crippen molar-refractivity contribution in [3.63, 3.8) is 0 Å². The Morgan fingerprint density at radius 2 is 2.42 bits per heavy atom. The van der Waals surface area contributed by atoms with E-state index < -0.39 is 0 Å². The van der Waals surface area contributed by atoms with Crippen molar-refractivity contribution >= 4 is 5.96 Å². The molecular weight excluding hydrogens is 243 g/mol. The van der Waals surface area contributed by atoms with E-state index in [0.717, 1.165) is 25.3 Å². The van der Waals surface area contributed by atoms with Crippen molar-refractivity contribution in [2.45, 2.75) is 19.4 Å². The van der Waals surface area contributed by atoms with Gasteiger partial charge in [-0.15, -0.1) is 6.58 Å². The maximum atomic E-state index is 13.4. The molecule has 0 fully saturated rings. The molecule has 0 bridgehead atoms. The lowest BCUT2D eigenvalue weighted by atomic mass is 10.3. The van der Waals surface area contributed by atoms with Gasteiger partial charge in [0, 0.05) is 26.8 Å². The van der Waals surface area contributed by atoms with Gasteiger partial charge in [-0.05, 0) is 25.0 Å². The molecular formula is C14H21FN4. The first-order valence-corrected chi connectivity index (χ1v) is 6.31. The standard InChI is InChI=1S/C14H21FN4/c1-4-5-6-10-19(3)14(16-2)18-11-13-12(15)8-7-9-17-13/h4,7-9H,1,5-6,10-11H2,2-3H3,(H,16,18). The van der Waals surface area contributed by atoms with E-state index in [9.17, 15) is 4.39 Å². The number of aromatic nitrogens is 1. The Kier molecular flexibility index (Phi) is 6.57. The zero-order valence-electron chi connectivity index (χ0n) is 11.6. The van der Waals surface area contributed by atoms with Crippen molar-refractivity contribution in [3.05, 3.63) is 42.5 Å². The Morgan fingerprint density at radius 3 is 3.05 bits per heavy atom. The van der Waals surface area contributed by atoms with Gasteiger partial charge in [0.1, 0.15) is 5.82 Å². The zero-order valence-corrected chi connectivity index (χ0v) is 11.6. The molecule has 1 aromatic heterocycles. The van der Waals surface area contributed by atoms with Crippen molar-refractivity contribution in [1.29, 1.82) is 0 Å². The lowest BCUT2D eigenvalue weighted by molar-refractivity contribution is 0.467. The Hall–Kier alpha value is -1.91. The van der Waals surface area contributed by atoms with Crippen LogP contribution >= 0.6 is 0 Å². The van der Waals surface area contributed by atoms with Crippen LogP contribution in [-0.2, 0) is 6.54 Å². The molecule has 1 aromatic rings. The van der Waals surface area contributed by atoms with E-state index in [1.807, 2.05) is 18.0 Å². The summed E-state index contributed by atoms with van der Waals surface area (Å²) < 4.78 is 13.4. The van der Waals surface area contributed by atoms with E-state index in [4.69, 9.17) is 0 Å². The van der Waals surface area contributed by atoms with Crippen molar-refractivity contribution in [3.8, 4) is 0 Å². The second-order valence-corrected chi connectivity index (χ2v) is 4.19. The van der Waals surface area contributed by atoms with Gasteiger partial charge in [0.2, 0.25) is 0 Å². The van der Waals surface area contributed by atoms with Crippen LogP contribution in [0.15, 0.2) is 36.0 Å². The minimum absolute atomic E-state index is 0.306. The normalized spacial score (nSPS) is 11.2. The maximum Gasteiger partial charge on any atom is 0.193 e. The van der Waals surface area contributed by atoms with Crippen LogP contribution < -0.4 is 5.32 Å². The second-order valence-electron chi connectivity index (χ2n) is 4.19. The molecule has 1 heterocycles. The van der Waals surface area contributed by atoms with Crippen LogP contribution in [0.25, 0.3) is 0 Å². The summed E-state index contributed by atoms with van der Waals surface area (Å²) in [6.07, 6.45) is 5.46. The quantitative estimate of drug-likeness (QED) is 0.370. The number of nitrogens with one attached hydrogen (secondary N) is 1. The number of hydrogen-bond donors (Lipinski definition) is 1. The molecule has 0 aromatic carbocycles. The number of unbranched alkanes of at least 4 members (excludes halogenated alkanes) is 1. The maximum absolute atomic E-state index is 13.4. The summed E-state index contributed by atoms with van der Waals surface area (Å²) >= 11 is 0. The number of halogens is 1. The number of aliphatic imine (C=N–C) groups is 1. The Labute approximate surface area is 114 Å². The van der Waals surface area contributed by atoms with E-state index >= 15 is 0 Å². The molecule has 19 heavy (non-hydrogen) atoms. The summed E-state index contributed by atoms with van der Waals surface area (Å²) in [5.74, 6) is 0.425. The predicted octanol–water partition coefficient (Wildman–Crippen LogP) is 2.19. The summed E-state index contributed by atoms with van der Waals surface area (Å²) in [7, 11) is 3.66. The lowest BCUT2D eigenvalue weighted by Crippen LogP contribution is -2.39. The van der Waals surface area contributed by atoms with E-state index in [1.165, 1.54) is 6.07 Å². The molecule has 0 aliphatic heterocycles. The van der Waals surface area contributed by atoms with Crippen LogP contribution in [-0.4, -0.2) is 36.5 Å². The first-order chi connectivity index (χ1) is 9.19. The predicted molar refractivity (Wildman–Crippen MR) is 76.5 cm³/mol. The third-order valence-corrected chi connectivity index (χ3v) is 2.72. The first-order valence-electron chi connectivity index (χ1n) is 6.31. The molecule has 4 nitrogen and oxygen atoms in total. The molecule has 0 amide bonds. The monoisotopic (exact) mass is 264 g/mol. The van der Waals surface area contributed by atoms with Gasteiger partial charge >= 0.3 is 0 Å². The van der Waals surface area contributed by atoms with E-state index in [-0.39, 0.29) is 5.82 Å². The van der Waals surface area contributed by atoms with Gasteiger partial charge in [0.05, 0.1) is 12.2 Å². The third-order valence-electron chi connectivity index (χ3n) is 2.72. The van der Waals surface area contributed by atoms with Crippen LogP contribution in [0.3, 0.4) is 0 Å². The second kappa shape index (κ2) is 8.24.